The number of aromatic hydroxyl groups is 1. The second-order valence-corrected chi connectivity index (χ2v) is 16.8. The standard InChI is InChI=1S/C43H50N8O6S/c1-25(2)40(43(55)51-23-31(52)19-36(51)42(54)45-26(3)28-9-11-29(12-10-28)41-27(4)44-24-58-41)38-21-39(48-57-38)56-18-17-49-15-16-50-30(22-49)13-14-33-35(50)20-34(47-46-33)32-7-5-6-8-37(32)53/h5-12,20-21,24-26,30-31,36,40,52-53H,13-19,22-23H2,1-4H3,(H,45,54)/t26-,30?,31+,36-,40+/m0/s1. The predicted octanol–water partition coefficient (Wildman–Crippen LogP) is 5.36. The molecular formula is C43H50N8O6S. The summed E-state index contributed by atoms with van der Waals surface area (Å²) in [4.78, 5) is 39.6. The maximum atomic E-state index is 14.2. The number of β-amino-alcohol motifs (C(OH)–C–C–N with tert-alkyl or cyclic N) is 1. The first-order chi connectivity index (χ1) is 28.0. The summed E-state index contributed by atoms with van der Waals surface area (Å²) >= 11 is 1.59. The Hall–Kier alpha value is -5.38. The van der Waals surface area contributed by atoms with E-state index in [1.165, 1.54) is 4.90 Å². The number of likely N-dealkylation sites (tertiary alicyclic amines) is 1. The molecule has 6 heterocycles. The molecule has 14 nitrogen and oxygen atoms in total. The number of hydrogen-bond acceptors (Lipinski definition) is 13. The second kappa shape index (κ2) is 16.8. The number of carbonyl (C=O) groups is 2. The van der Waals surface area contributed by atoms with Crippen LogP contribution >= 0.6 is 11.3 Å². The third-order valence-electron chi connectivity index (χ3n) is 11.7. The molecule has 0 radical (unpaired) electrons. The van der Waals surface area contributed by atoms with E-state index in [4.69, 9.17) is 9.26 Å². The molecule has 2 saturated heterocycles. The molecule has 15 heteroatoms. The zero-order chi connectivity index (χ0) is 40.5. The fraction of sp³-hybridized carbons (Fsp3) is 0.442. The van der Waals surface area contributed by atoms with Crippen molar-refractivity contribution in [2.75, 3.05) is 44.2 Å². The summed E-state index contributed by atoms with van der Waals surface area (Å²) in [6, 6.07) is 18.1. The van der Waals surface area contributed by atoms with Gasteiger partial charge in [0.15, 0.2) is 5.76 Å². The lowest BCUT2D eigenvalue weighted by molar-refractivity contribution is -0.141. The molecule has 5 aromatic rings. The summed E-state index contributed by atoms with van der Waals surface area (Å²) in [6.45, 7) is 11.4. The van der Waals surface area contributed by atoms with Crippen LogP contribution in [0.3, 0.4) is 0 Å². The molecule has 0 saturated carbocycles. The maximum absolute atomic E-state index is 14.2. The Morgan fingerprint density at radius 3 is 2.62 bits per heavy atom. The molecule has 8 rings (SSSR count). The minimum Gasteiger partial charge on any atom is -0.507 e. The number of fused-ring (bicyclic) bond motifs is 3. The molecule has 0 bridgehead atoms. The predicted molar refractivity (Wildman–Crippen MR) is 220 cm³/mol. The number of hydrogen-bond donors (Lipinski definition) is 3. The molecule has 5 atom stereocenters. The number of nitrogens with one attached hydrogen (secondary N) is 1. The van der Waals surface area contributed by atoms with Crippen LogP contribution in [0, 0.1) is 12.8 Å². The highest BCUT2D eigenvalue weighted by Crippen LogP contribution is 2.37. The highest BCUT2D eigenvalue weighted by molar-refractivity contribution is 7.13. The van der Waals surface area contributed by atoms with Gasteiger partial charge in [0.1, 0.15) is 24.3 Å². The van der Waals surface area contributed by atoms with Crippen molar-refractivity contribution in [2.45, 2.75) is 77.1 Å². The number of para-hydroxylation sites is 1. The van der Waals surface area contributed by atoms with Gasteiger partial charge in [-0.15, -0.1) is 16.4 Å². The largest absolute Gasteiger partial charge is 0.507 e. The number of piperazine rings is 1. The average Bonchev–Trinajstić information content (AvgIpc) is 3.97. The van der Waals surface area contributed by atoms with Gasteiger partial charge in [0.25, 0.3) is 5.88 Å². The highest BCUT2D eigenvalue weighted by atomic mass is 32.1. The smallest absolute Gasteiger partial charge is 0.254 e. The number of carbonyl (C=O) groups excluding carboxylic acids is 2. The number of ether oxygens (including phenoxy) is 1. The topological polar surface area (TPSA) is 170 Å². The van der Waals surface area contributed by atoms with Crippen LogP contribution in [0.15, 0.2) is 70.7 Å². The summed E-state index contributed by atoms with van der Waals surface area (Å²) in [5, 5.41) is 37.2. The number of nitrogens with zero attached hydrogens (tertiary/aromatic N) is 7. The first-order valence-corrected chi connectivity index (χ1v) is 20.9. The van der Waals surface area contributed by atoms with E-state index in [9.17, 15) is 19.8 Å². The number of aliphatic hydroxyl groups is 1. The minimum absolute atomic E-state index is 0.0555. The molecule has 3 aliphatic heterocycles. The molecule has 3 aromatic heterocycles. The van der Waals surface area contributed by atoms with Crippen LogP contribution in [-0.4, -0.2) is 110 Å². The Bertz CT molecular complexity index is 2240. The van der Waals surface area contributed by atoms with Crippen molar-refractivity contribution in [1.82, 2.24) is 35.5 Å². The van der Waals surface area contributed by atoms with E-state index in [0.29, 0.717) is 42.1 Å². The number of amides is 2. The van der Waals surface area contributed by atoms with Crippen molar-refractivity contribution in [3.05, 3.63) is 88.9 Å². The number of phenolic OH excluding ortho intramolecular Hbond substituents is 1. The van der Waals surface area contributed by atoms with E-state index >= 15 is 0 Å². The van der Waals surface area contributed by atoms with Crippen molar-refractivity contribution in [1.29, 1.82) is 0 Å². The molecule has 3 N–H and O–H groups in total. The summed E-state index contributed by atoms with van der Waals surface area (Å²) < 4.78 is 11.8. The SMILES string of the molecule is Cc1ncsc1-c1ccc([C@H](C)NC(=O)[C@@H]2C[C@@H](O)CN2C(=O)[C@@H](c2cc(OCCN3CCN4c5cc(-c6ccccc6O)nnc5CCC4C3)no2)C(C)C)cc1. The first-order valence-electron chi connectivity index (χ1n) is 20.1. The lowest BCUT2D eigenvalue weighted by Gasteiger charge is -2.45. The third kappa shape index (κ3) is 8.16. The molecule has 304 valence electrons. The lowest BCUT2D eigenvalue weighted by atomic mass is 9.91. The Morgan fingerprint density at radius 1 is 1.05 bits per heavy atom. The van der Waals surface area contributed by atoms with Crippen LogP contribution in [0.5, 0.6) is 11.6 Å². The number of benzene rings is 2. The third-order valence-corrected chi connectivity index (χ3v) is 12.6. The van der Waals surface area contributed by atoms with Gasteiger partial charge in [-0.1, -0.05) is 50.2 Å². The number of aryl methyl sites for hydroxylation is 2. The van der Waals surface area contributed by atoms with Crippen molar-refractivity contribution >= 4 is 28.8 Å². The van der Waals surface area contributed by atoms with Gasteiger partial charge in [-0.3, -0.25) is 14.5 Å². The van der Waals surface area contributed by atoms with Gasteiger partial charge in [-0.05, 0) is 67.1 Å². The van der Waals surface area contributed by atoms with Crippen LogP contribution in [0.1, 0.15) is 68.3 Å². The number of thiazole rings is 1. The molecule has 3 aliphatic rings. The molecule has 0 aliphatic carbocycles. The summed E-state index contributed by atoms with van der Waals surface area (Å²) in [7, 11) is 0. The molecular weight excluding hydrogens is 757 g/mol. The molecule has 0 spiro atoms. The fourth-order valence-electron chi connectivity index (χ4n) is 8.53. The van der Waals surface area contributed by atoms with Gasteiger partial charge in [0.2, 0.25) is 11.8 Å². The van der Waals surface area contributed by atoms with E-state index in [1.54, 1.807) is 29.5 Å². The number of phenols is 1. The Morgan fingerprint density at radius 2 is 1.86 bits per heavy atom. The summed E-state index contributed by atoms with van der Waals surface area (Å²) in [6.07, 6.45) is 1.15. The molecule has 2 amide bonds. The van der Waals surface area contributed by atoms with Gasteiger partial charge < -0.3 is 34.6 Å². The highest BCUT2D eigenvalue weighted by Gasteiger charge is 2.43. The van der Waals surface area contributed by atoms with Gasteiger partial charge in [-0.2, -0.15) is 5.10 Å². The number of aromatic nitrogens is 4. The number of anilines is 1. The molecule has 2 fully saturated rings. The van der Waals surface area contributed by atoms with Crippen molar-refractivity contribution < 1.29 is 29.1 Å². The number of aliphatic hydroxyl groups excluding tert-OH is 1. The summed E-state index contributed by atoms with van der Waals surface area (Å²) in [5.74, 6) is -0.650. The summed E-state index contributed by atoms with van der Waals surface area (Å²) in [5.41, 5.74) is 8.22. The van der Waals surface area contributed by atoms with Gasteiger partial charge in [0, 0.05) is 56.8 Å². The van der Waals surface area contributed by atoms with Crippen molar-refractivity contribution in [3.63, 3.8) is 0 Å². The van der Waals surface area contributed by atoms with Crippen LogP contribution in [0.4, 0.5) is 5.69 Å². The first kappa shape index (κ1) is 39.4. The van der Waals surface area contributed by atoms with E-state index in [2.05, 4.69) is 35.5 Å². The quantitative estimate of drug-likeness (QED) is 0.148. The van der Waals surface area contributed by atoms with E-state index in [-0.39, 0.29) is 42.5 Å². The van der Waals surface area contributed by atoms with Gasteiger partial charge >= 0.3 is 0 Å². The molecule has 58 heavy (non-hydrogen) atoms. The van der Waals surface area contributed by atoms with Crippen molar-refractivity contribution in [2.24, 2.45) is 5.92 Å². The van der Waals surface area contributed by atoms with Crippen LogP contribution in [0.25, 0.3) is 21.7 Å². The minimum atomic E-state index is -0.825. The van der Waals surface area contributed by atoms with Crippen LogP contribution in [0.2, 0.25) is 0 Å². The van der Waals surface area contributed by atoms with Crippen LogP contribution < -0.4 is 15.0 Å². The molecule has 1 unspecified atom stereocenters. The van der Waals surface area contributed by atoms with Gasteiger partial charge in [-0.25, -0.2) is 4.98 Å². The van der Waals surface area contributed by atoms with E-state index < -0.39 is 18.1 Å². The zero-order valence-electron chi connectivity index (χ0n) is 33.2. The Kier molecular flexibility index (Phi) is 11.5. The molecule has 2 aromatic carbocycles. The van der Waals surface area contributed by atoms with Crippen molar-refractivity contribution in [3.8, 4) is 33.3 Å². The maximum Gasteiger partial charge on any atom is 0.254 e. The second-order valence-electron chi connectivity index (χ2n) is 15.9. The Labute approximate surface area is 341 Å². The normalized spacial score (nSPS) is 20.4. The lowest BCUT2D eigenvalue weighted by Crippen LogP contribution is -2.55. The van der Waals surface area contributed by atoms with Crippen LogP contribution in [-0.2, 0) is 16.0 Å². The van der Waals surface area contributed by atoms with E-state index in [1.807, 2.05) is 75.7 Å². The fourth-order valence-corrected chi connectivity index (χ4v) is 9.34. The zero-order valence-corrected chi connectivity index (χ0v) is 34.1. The van der Waals surface area contributed by atoms with E-state index in [0.717, 1.165) is 65.6 Å². The van der Waals surface area contributed by atoms with Gasteiger partial charge in [0.05, 0.1) is 45.3 Å². The monoisotopic (exact) mass is 806 g/mol. The average molecular weight is 807 g/mol. The Balaban J connectivity index is 0.855. The number of rotatable bonds is 12.